The Labute approximate surface area is 98.7 Å². The van der Waals surface area contributed by atoms with E-state index in [4.69, 9.17) is 10.3 Å². The number of nitrogens with two attached hydrogens (primary N) is 1. The van der Waals surface area contributed by atoms with Crippen molar-refractivity contribution in [2.75, 3.05) is 0 Å². The lowest BCUT2D eigenvalue weighted by molar-refractivity contribution is -0.117. The molecule has 4 heteroatoms. The predicted octanol–water partition coefficient (Wildman–Crippen LogP) is 2.23. The van der Waals surface area contributed by atoms with Gasteiger partial charge in [0, 0.05) is 18.1 Å². The fraction of sp³-hybridized carbons (Fsp3) is 0.0769. The minimum absolute atomic E-state index is 0.254. The van der Waals surface area contributed by atoms with Gasteiger partial charge >= 0.3 is 0 Å². The fourth-order valence-corrected chi connectivity index (χ4v) is 1.43. The van der Waals surface area contributed by atoms with E-state index in [0.717, 1.165) is 16.9 Å². The lowest BCUT2D eigenvalue weighted by atomic mass is 10.1. The maximum Gasteiger partial charge on any atom is 0.221 e. The number of carbonyl (C=O) groups excluding carboxylic acids is 1. The Kier molecular flexibility index (Phi) is 3.35. The van der Waals surface area contributed by atoms with Gasteiger partial charge in [0.2, 0.25) is 5.91 Å². The van der Waals surface area contributed by atoms with E-state index in [1.165, 1.54) is 0 Å². The Morgan fingerprint density at radius 1 is 1.29 bits per heavy atom. The van der Waals surface area contributed by atoms with Crippen molar-refractivity contribution >= 4 is 12.0 Å². The van der Waals surface area contributed by atoms with E-state index in [1.807, 2.05) is 30.3 Å². The van der Waals surface area contributed by atoms with Gasteiger partial charge in [-0.25, -0.2) is 0 Å². The van der Waals surface area contributed by atoms with Crippen molar-refractivity contribution in [2.24, 2.45) is 5.73 Å². The molecule has 86 valence electrons. The number of amides is 1. The van der Waals surface area contributed by atoms with E-state index < -0.39 is 0 Å². The molecule has 17 heavy (non-hydrogen) atoms. The number of primary amides is 1. The summed E-state index contributed by atoms with van der Waals surface area (Å²) in [5.41, 5.74) is 7.01. The zero-order chi connectivity index (χ0) is 12.1. The van der Waals surface area contributed by atoms with Crippen molar-refractivity contribution in [2.45, 2.75) is 6.42 Å². The summed E-state index contributed by atoms with van der Waals surface area (Å²) in [5.74, 6) is 0.400. The van der Waals surface area contributed by atoms with Crippen LogP contribution in [0.1, 0.15) is 12.0 Å². The highest BCUT2D eigenvalue weighted by atomic mass is 16.5. The fourth-order valence-electron chi connectivity index (χ4n) is 1.43. The topological polar surface area (TPSA) is 69.1 Å². The molecule has 2 N–H and O–H groups in total. The van der Waals surface area contributed by atoms with Crippen LogP contribution in [0, 0.1) is 0 Å². The van der Waals surface area contributed by atoms with Gasteiger partial charge in [-0.05, 0) is 5.56 Å². The molecule has 0 unspecified atom stereocenters. The lowest BCUT2D eigenvalue weighted by Gasteiger charge is -1.96. The molecule has 0 aliphatic rings. The molecular weight excluding hydrogens is 216 g/mol. The van der Waals surface area contributed by atoms with Crippen LogP contribution in [0.2, 0.25) is 0 Å². The zero-order valence-electron chi connectivity index (χ0n) is 9.17. The molecule has 0 aliphatic carbocycles. The molecule has 1 aromatic heterocycles. The van der Waals surface area contributed by atoms with Gasteiger partial charge in [-0.15, -0.1) is 0 Å². The molecule has 0 saturated carbocycles. The van der Waals surface area contributed by atoms with Crippen molar-refractivity contribution in [3.8, 4) is 11.3 Å². The molecule has 2 rings (SSSR count). The molecule has 1 amide bonds. The molecule has 1 aromatic carbocycles. The largest absolute Gasteiger partial charge is 0.369 e. The van der Waals surface area contributed by atoms with Gasteiger partial charge in [0.1, 0.15) is 0 Å². The molecule has 0 bridgehead atoms. The van der Waals surface area contributed by atoms with Crippen molar-refractivity contribution in [3.05, 3.63) is 48.2 Å². The second-order valence-corrected chi connectivity index (χ2v) is 3.57. The summed E-state index contributed by atoms with van der Waals surface area (Å²) in [5, 5.41) is 3.65. The highest BCUT2D eigenvalue weighted by Gasteiger charge is 2.00. The summed E-state index contributed by atoms with van der Waals surface area (Å²) >= 11 is 0. The molecule has 0 aliphatic heterocycles. The number of carbonyl (C=O) groups is 1. The van der Waals surface area contributed by atoms with Gasteiger partial charge < -0.3 is 10.3 Å². The van der Waals surface area contributed by atoms with Crippen LogP contribution in [0.4, 0.5) is 0 Å². The number of hydrogen-bond donors (Lipinski definition) is 1. The molecule has 0 radical (unpaired) electrons. The Morgan fingerprint density at radius 3 is 2.65 bits per heavy atom. The Bertz CT molecular complexity index is 513. The Morgan fingerprint density at radius 2 is 2.06 bits per heavy atom. The summed E-state index contributed by atoms with van der Waals surface area (Å²) < 4.78 is 5.04. The molecule has 0 saturated heterocycles. The first kappa shape index (κ1) is 11.1. The Balaban J connectivity index is 2.08. The normalized spacial score (nSPS) is 10.8. The van der Waals surface area contributed by atoms with E-state index in [1.54, 1.807) is 18.3 Å². The maximum atomic E-state index is 10.6. The third kappa shape index (κ3) is 3.04. The molecule has 1 heterocycles. The van der Waals surface area contributed by atoms with E-state index >= 15 is 0 Å². The Hall–Kier alpha value is -2.36. The van der Waals surface area contributed by atoms with E-state index in [0.29, 0.717) is 0 Å². The molecule has 0 atom stereocenters. The van der Waals surface area contributed by atoms with Crippen LogP contribution >= 0.6 is 0 Å². The highest BCUT2D eigenvalue weighted by Crippen LogP contribution is 2.19. The van der Waals surface area contributed by atoms with Crippen LogP contribution in [-0.4, -0.2) is 11.1 Å². The average Bonchev–Trinajstić information content (AvgIpc) is 2.83. The van der Waals surface area contributed by atoms with Crippen molar-refractivity contribution < 1.29 is 9.32 Å². The van der Waals surface area contributed by atoms with E-state index in [-0.39, 0.29) is 12.3 Å². The molecular formula is C13H12N2O2. The average molecular weight is 228 g/mol. The smallest absolute Gasteiger partial charge is 0.221 e. The van der Waals surface area contributed by atoms with Crippen LogP contribution < -0.4 is 5.73 Å². The highest BCUT2D eigenvalue weighted by molar-refractivity contribution is 5.76. The molecule has 0 fully saturated rings. The predicted molar refractivity (Wildman–Crippen MR) is 64.8 cm³/mol. The summed E-state index contributed by atoms with van der Waals surface area (Å²) in [6.07, 6.45) is 5.46. The lowest BCUT2D eigenvalue weighted by Crippen LogP contribution is -2.07. The minimum Gasteiger partial charge on any atom is -0.369 e. The minimum atomic E-state index is -0.334. The first-order valence-corrected chi connectivity index (χ1v) is 5.21. The van der Waals surface area contributed by atoms with Crippen LogP contribution in [-0.2, 0) is 4.79 Å². The third-order valence-corrected chi connectivity index (χ3v) is 2.26. The van der Waals surface area contributed by atoms with Crippen LogP contribution in [0.25, 0.3) is 17.4 Å². The first-order valence-electron chi connectivity index (χ1n) is 5.21. The van der Waals surface area contributed by atoms with Crippen LogP contribution in [0.3, 0.4) is 0 Å². The summed E-state index contributed by atoms with van der Waals surface area (Å²) in [4.78, 5) is 10.6. The van der Waals surface area contributed by atoms with E-state index in [9.17, 15) is 4.79 Å². The zero-order valence-corrected chi connectivity index (χ0v) is 9.17. The molecule has 2 aromatic rings. The summed E-state index contributed by atoms with van der Waals surface area (Å²) in [7, 11) is 0. The second kappa shape index (κ2) is 5.12. The van der Waals surface area contributed by atoms with Gasteiger partial charge in [0.25, 0.3) is 0 Å². The quantitative estimate of drug-likeness (QED) is 0.872. The summed E-state index contributed by atoms with van der Waals surface area (Å²) in [6, 6.07) is 9.55. The van der Waals surface area contributed by atoms with E-state index in [2.05, 4.69) is 5.16 Å². The van der Waals surface area contributed by atoms with Crippen LogP contribution in [0.5, 0.6) is 0 Å². The maximum absolute atomic E-state index is 10.6. The third-order valence-electron chi connectivity index (χ3n) is 2.26. The molecule has 0 spiro atoms. The van der Waals surface area contributed by atoms with Gasteiger partial charge in [-0.1, -0.05) is 41.6 Å². The van der Waals surface area contributed by atoms with Crippen LogP contribution in [0.15, 0.2) is 47.1 Å². The van der Waals surface area contributed by atoms with Crippen molar-refractivity contribution in [1.82, 2.24) is 5.16 Å². The van der Waals surface area contributed by atoms with Gasteiger partial charge in [0.15, 0.2) is 5.76 Å². The van der Waals surface area contributed by atoms with Gasteiger partial charge in [-0.2, -0.15) is 0 Å². The first-order chi connectivity index (χ1) is 8.25. The summed E-state index contributed by atoms with van der Waals surface area (Å²) in [6.45, 7) is 0. The number of rotatable bonds is 4. The van der Waals surface area contributed by atoms with Gasteiger partial charge in [-0.3, -0.25) is 4.79 Å². The standard InChI is InChI=1S/C13H12N2O2/c14-13(16)3-1-2-10-4-6-11(7-5-10)12-8-9-15-17-12/h1-2,4-9H,3H2,(H2,14,16). The second-order valence-electron chi connectivity index (χ2n) is 3.57. The van der Waals surface area contributed by atoms with Gasteiger partial charge in [0.05, 0.1) is 6.20 Å². The number of hydrogen-bond acceptors (Lipinski definition) is 3. The van der Waals surface area contributed by atoms with Crippen molar-refractivity contribution in [1.29, 1.82) is 0 Å². The molecule has 4 nitrogen and oxygen atoms in total. The number of aromatic nitrogens is 1. The SMILES string of the molecule is NC(=O)CC=Cc1ccc(-c2ccno2)cc1. The number of benzene rings is 1. The number of nitrogens with zero attached hydrogens (tertiary/aromatic N) is 1. The van der Waals surface area contributed by atoms with Crippen molar-refractivity contribution in [3.63, 3.8) is 0 Å². The monoisotopic (exact) mass is 228 g/mol.